The SMILES string of the molecule is COC[C@@H]1CC(C)CC/C=C\[C@@H]2C[C@@]2(C(=O)NS(=O)(=O)C2(C)CC2)NC(=O)[C@@H]2C[C@@H](O)CN2C(=O)[C@H]1NC(=O)O. The predicted molar refractivity (Wildman–Crippen MR) is 142 cm³/mol. The summed E-state index contributed by atoms with van der Waals surface area (Å²) in [6.45, 7) is 3.45. The van der Waals surface area contributed by atoms with Crippen LogP contribution < -0.4 is 15.4 Å². The highest BCUT2D eigenvalue weighted by atomic mass is 32.2. The Bertz CT molecular complexity index is 1170. The number of carboxylic acid groups (broad SMARTS) is 1. The number of ether oxygens (including phenoxy) is 1. The van der Waals surface area contributed by atoms with Crippen LogP contribution in [-0.4, -0.2) is 96.1 Å². The fourth-order valence-corrected chi connectivity index (χ4v) is 7.17. The van der Waals surface area contributed by atoms with Gasteiger partial charge >= 0.3 is 6.09 Å². The van der Waals surface area contributed by atoms with Crippen molar-refractivity contribution in [3.8, 4) is 0 Å². The normalized spacial score (nSPS) is 36.6. The van der Waals surface area contributed by atoms with E-state index in [1.165, 1.54) is 7.11 Å². The molecular weight excluding hydrogens is 544 g/mol. The van der Waals surface area contributed by atoms with E-state index < -0.39 is 74.1 Å². The molecule has 14 heteroatoms. The molecule has 1 unspecified atom stereocenters. The van der Waals surface area contributed by atoms with Crippen molar-refractivity contribution < 1.29 is 42.5 Å². The third-order valence-corrected chi connectivity index (χ3v) is 10.9. The van der Waals surface area contributed by atoms with Gasteiger partial charge in [-0.15, -0.1) is 0 Å². The molecule has 2 saturated carbocycles. The second-order valence-corrected chi connectivity index (χ2v) is 14.2. The van der Waals surface area contributed by atoms with Gasteiger partial charge in [-0.25, -0.2) is 13.2 Å². The van der Waals surface area contributed by atoms with Crippen molar-refractivity contribution in [1.29, 1.82) is 0 Å². The first kappa shape index (κ1) is 30.3. The van der Waals surface area contributed by atoms with Gasteiger partial charge in [-0.1, -0.05) is 19.1 Å². The van der Waals surface area contributed by atoms with E-state index in [0.29, 0.717) is 32.1 Å². The summed E-state index contributed by atoms with van der Waals surface area (Å²) in [4.78, 5) is 53.6. The Hall–Kier alpha value is -2.71. The van der Waals surface area contributed by atoms with Crippen LogP contribution in [0.5, 0.6) is 0 Å². The molecule has 2 aliphatic heterocycles. The Morgan fingerprint density at radius 1 is 1.25 bits per heavy atom. The van der Waals surface area contributed by atoms with Crippen molar-refractivity contribution in [3.05, 3.63) is 12.2 Å². The summed E-state index contributed by atoms with van der Waals surface area (Å²) in [6, 6.07) is -2.41. The average Bonchev–Trinajstić information content (AvgIpc) is 3.75. The molecule has 224 valence electrons. The maximum Gasteiger partial charge on any atom is 0.405 e. The molecule has 0 aromatic rings. The number of hydrogen-bond acceptors (Lipinski definition) is 8. The lowest BCUT2D eigenvalue weighted by Crippen LogP contribution is -2.59. The van der Waals surface area contributed by atoms with Crippen molar-refractivity contribution in [1.82, 2.24) is 20.3 Å². The summed E-state index contributed by atoms with van der Waals surface area (Å²) in [5, 5.41) is 25.0. The van der Waals surface area contributed by atoms with E-state index in [1.807, 2.05) is 19.1 Å². The number of aliphatic hydroxyl groups is 1. The molecule has 2 aliphatic carbocycles. The molecule has 40 heavy (non-hydrogen) atoms. The van der Waals surface area contributed by atoms with Gasteiger partial charge < -0.3 is 30.5 Å². The fraction of sp³-hybridized carbons (Fsp3) is 0.769. The molecule has 0 spiro atoms. The topological polar surface area (TPSA) is 191 Å². The van der Waals surface area contributed by atoms with Gasteiger partial charge in [-0.3, -0.25) is 19.1 Å². The summed E-state index contributed by atoms with van der Waals surface area (Å²) < 4.78 is 32.1. The highest BCUT2D eigenvalue weighted by Crippen LogP contribution is 2.47. The monoisotopic (exact) mass is 584 g/mol. The number of amides is 4. The summed E-state index contributed by atoms with van der Waals surface area (Å²) in [5.41, 5.74) is -1.52. The number of allylic oxidation sites excluding steroid dienone is 1. The molecule has 3 fully saturated rings. The number of carbonyl (C=O) groups excluding carboxylic acids is 3. The lowest BCUT2D eigenvalue weighted by molar-refractivity contribution is -0.142. The van der Waals surface area contributed by atoms with Crippen LogP contribution in [0, 0.1) is 17.8 Å². The third-order valence-electron chi connectivity index (χ3n) is 8.76. The van der Waals surface area contributed by atoms with Gasteiger partial charge in [0, 0.05) is 31.9 Å². The Morgan fingerprint density at radius 3 is 2.58 bits per heavy atom. The Labute approximate surface area is 234 Å². The van der Waals surface area contributed by atoms with Crippen molar-refractivity contribution in [2.24, 2.45) is 17.8 Å². The minimum Gasteiger partial charge on any atom is -0.465 e. The van der Waals surface area contributed by atoms with Gasteiger partial charge in [0.2, 0.25) is 21.8 Å². The van der Waals surface area contributed by atoms with Crippen LogP contribution in [-0.2, 0) is 29.1 Å². The number of methoxy groups -OCH3 is 1. The first-order chi connectivity index (χ1) is 18.7. The standard InChI is InChI=1S/C26H40N4O9S/c1-15-6-4-5-7-17-12-26(17,23(34)29-40(37,38)25(2)8-9-25)28-21(32)19-11-18(31)13-30(19)22(33)20(27-24(35)36)16(10-15)14-39-3/h5,7,15-20,27,31H,4,6,8-14H2,1-3H3,(H,28,32)(H,29,34)(H,35,36)/b7-5-/t15?,16-,17+,18+,19-,20-,26+/m0/s1. The van der Waals surface area contributed by atoms with Crippen LogP contribution in [0.25, 0.3) is 0 Å². The number of hydrogen-bond donors (Lipinski definition) is 5. The highest BCUT2D eigenvalue weighted by molar-refractivity contribution is 7.91. The second-order valence-electron chi connectivity index (χ2n) is 12.0. The van der Waals surface area contributed by atoms with Gasteiger partial charge in [-0.2, -0.15) is 0 Å². The smallest absolute Gasteiger partial charge is 0.405 e. The van der Waals surface area contributed by atoms with Crippen molar-refractivity contribution in [2.75, 3.05) is 20.3 Å². The molecule has 4 rings (SSSR count). The lowest BCUT2D eigenvalue weighted by atomic mass is 9.87. The molecule has 4 amide bonds. The van der Waals surface area contributed by atoms with Gasteiger partial charge in [-0.05, 0) is 51.4 Å². The fourth-order valence-electron chi connectivity index (χ4n) is 5.86. The number of carbonyl (C=O) groups is 4. The maximum atomic E-state index is 13.8. The first-order valence-electron chi connectivity index (χ1n) is 13.8. The van der Waals surface area contributed by atoms with E-state index in [9.17, 15) is 37.8 Å². The van der Waals surface area contributed by atoms with E-state index in [-0.39, 0.29) is 31.9 Å². The van der Waals surface area contributed by atoms with Crippen LogP contribution in [0.15, 0.2) is 12.2 Å². The van der Waals surface area contributed by atoms with E-state index >= 15 is 0 Å². The summed E-state index contributed by atoms with van der Waals surface area (Å²) in [7, 11) is -2.50. The van der Waals surface area contributed by atoms with E-state index in [2.05, 4.69) is 15.4 Å². The summed E-state index contributed by atoms with van der Waals surface area (Å²) in [6.07, 6.45) is 4.01. The highest BCUT2D eigenvalue weighted by Gasteiger charge is 2.63. The van der Waals surface area contributed by atoms with Crippen LogP contribution >= 0.6 is 0 Å². The van der Waals surface area contributed by atoms with E-state index in [0.717, 1.165) is 4.90 Å². The molecule has 1 saturated heterocycles. The Kier molecular flexibility index (Phi) is 8.53. The number of fused-ring (bicyclic) bond motifs is 2. The maximum absolute atomic E-state index is 13.8. The van der Waals surface area contributed by atoms with Gasteiger partial charge in [0.1, 0.15) is 17.6 Å². The van der Waals surface area contributed by atoms with Gasteiger partial charge in [0.05, 0.1) is 17.5 Å². The molecule has 5 N–H and O–H groups in total. The zero-order valence-electron chi connectivity index (χ0n) is 23.1. The molecular formula is C26H40N4O9S. The average molecular weight is 585 g/mol. The summed E-state index contributed by atoms with van der Waals surface area (Å²) >= 11 is 0. The van der Waals surface area contributed by atoms with Gasteiger partial charge in [0.25, 0.3) is 5.91 Å². The second kappa shape index (κ2) is 11.3. The third kappa shape index (κ3) is 6.13. The van der Waals surface area contributed by atoms with Crippen molar-refractivity contribution in [3.63, 3.8) is 0 Å². The zero-order chi connectivity index (χ0) is 29.5. The molecule has 0 aromatic carbocycles. The predicted octanol–water partition coefficient (Wildman–Crippen LogP) is 0.0966. The van der Waals surface area contributed by atoms with E-state index in [4.69, 9.17) is 4.74 Å². The molecule has 13 nitrogen and oxygen atoms in total. The molecule has 4 aliphatic rings. The first-order valence-corrected chi connectivity index (χ1v) is 15.2. The largest absolute Gasteiger partial charge is 0.465 e. The number of sulfonamides is 1. The molecule has 2 heterocycles. The number of rotatable bonds is 6. The lowest BCUT2D eigenvalue weighted by Gasteiger charge is -2.33. The van der Waals surface area contributed by atoms with Crippen molar-refractivity contribution in [2.45, 2.75) is 87.3 Å². The molecule has 0 aromatic heterocycles. The van der Waals surface area contributed by atoms with Crippen LogP contribution in [0.2, 0.25) is 0 Å². The minimum atomic E-state index is -3.96. The van der Waals surface area contributed by atoms with Crippen LogP contribution in [0.4, 0.5) is 4.79 Å². The van der Waals surface area contributed by atoms with Crippen LogP contribution in [0.3, 0.4) is 0 Å². The molecule has 7 atom stereocenters. The summed E-state index contributed by atoms with van der Waals surface area (Å²) in [5.74, 6) is -3.11. The molecule has 0 bridgehead atoms. The number of nitrogens with one attached hydrogen (secondary N) is 3. The Morgan fingerprint density at radius 2 is 1.95 bits per heavy atom. The van der Waals surface area contributed by atoms with E-state index in [1.54, 1.807) is 6.92 Å². The molecule has 0 radical (unpaired) electrons. The quantitative estimate of drug-likeness (QED) is 0.269. The van der Waals surface area contributed by atoms with Crippen molar-refractivity contribution >= 4 is 33.8 Å². The number of nitrogens with zero attached hydrogens (tertiary/aromatic N) is 1. The zero-order valence-corrected chi connectivity index (χ0v) is 23.9. The van der Waals surface area contributed by atoms with Crippen LogP contribution in [0.1, 0.15) is 58.8 Å². The number of aliphatic hydroxyl groups excluding tert-OH is 1. The minimum absolute atomic E-state index is 0.0808. The Balaban J connectivity index is 1.66. The van der Waals surface area contributed by atoms with Gasteiger partial charge in [0.15, 0.2) is 0 Å².